The van der Waals surface area contributed by atoms with E-state index in [1.54, 1.807) is 52.4 Å². The van der Waals surface area contributed by atoms with Gasteiger partial charge in [0.15, 0.2) is 12.4 Å². The number of imidazole rings is 1. The molecule has 2 aromatic rings. The molecule has 218 valence electrons. The monoisotopic (exact) mass is 575 g/mol. The van der Waals surface area contributed by atoms with Crippen molar-refractivity contribution in [3.8, 4) is 17.2 Å². The van der Waals surface area contributed by atoms with Gasteiger partial charge in [0.1, 0.15) is 23.4 Å². The van der Waals surface area contributed by atoms with Gasteiger partial charge in [0.05, 0.1) is 31.1 Å². The van der Waals surface area contributed by atoms with Gasteiger partial charge in [-0.15, -0.1) is 0 Å². The normalized spacial score (nSPS) is 21.7. The molecule has 2 unspecified atom stereocenters. The van der Waals surface area contributed by atoms with Crippen molar-refractivity contribution in [3.05, 3.63) is 47.5 Å². The van der Waals surface area contributed by atoms with Crippen LogP contribution in [-0.2, 0) is 22.5 Å². The number of aromatic nitrogens is 2. The van der Waals surface area contributed by atoms with E-state index in [9.17, 15) is 15.0 Å². The summed E-state index contributed by atoms with van der Waals surface area (Å²) in [4.78, 5) is 29.8. The van der Waals surface area contributed by atoms with Crippen LogP contribution in [0.1, 0.15) is 31.9 Å². The van der Waals surface area contributed by atoms with Crippen LogP contribution in [0.3, 0.4) is 0 Å². The molecule has 1 aromatic heterocycles. The van der Waals surface area contributed by atoms with Gasteiger partial charge in [-0.1, -0.05) is 6.08 Å². The first kappa shape index (κ1) is 27.4. The number of hydrogen-bond acceptors (Lipinski definition) is 10. The lowest BCUT2D eigenvalue weighted by molar-refractivity contribution is -0.730. The highest BCUT2D eigenvalue weighted by Gasteiger charge is 2.40. The standard InChI is InChI=1S/C28H29N7O7/c1-5-40-25(37)18-10-14(20-17(41-18)12-16-15(22(20)39-4)11-19(42-16)28(2,3)38)6-8-34-9-7-30-27(34)35-13-31-21-23(35)32-26(29)33-24(21)36/h6-7,9-10,12,19,38H,5,8,11,13H2,1-4H3,(H2,29,33,36). The lowest BCUT2D eigenvalue weighted by Crippen LogP contribution is -3.10. The van der Waals surface area contributed by atoms with Crippen molar-refractivity contribution < 1.29 is 38.9 Å². The minimum absolute atomic E-state index is 0.000961. The van der Waals surface area contributed by atoms with Crippen LogP contribution in [0.5, 0.6) is 17.2 Å². The summed E-state index contributed by atoms with van der Waals surface area (Å²) in [5.41, 5.74) is 1.08. The van der Waals surface area contributed by atoms with E-state index in [0.717, 1.165) is 5.56 Å². The third kappa shape index (κ3) is 4.63. The molecule has 14 heteroatoms. The third-order valence-electron chi connectivity index (χ3n) is 7.26. The number of hydrogen-bond donors (Lipinski definition) is 3. The van der Waals surface area contributed by atoms with Crippen molar-refractivity contribution in [1.29, 1.82) is 5.41 Å². The maximum absolute atomic E-state index is 12.7. The van der Waals surface area contributed by atoms with E-state index in [-0.39, 0.29) is 30.7 Å². The third-order valence-corrected chi connectivity index (χ3v) is 7.26. The van der Waals surface area contributed by atoms with Crippen molar-refractivity contribution in [2.24, 2.45) is 15.0 Å². The summed E-state index contributed by atoms with van der Waals surface area (Å²) < 4.78 is 25.0. The largest absolute Gasteiger partial charge is 0.857 e. The van der Waals surface area contributed by atoms with Gasteiger partial charge in [-0.25, -0.2) is 19.7 Å². The maximum Gasteiger partial charge on any atom is 0.374 e. The van der Waals surface area contributed by atoms with E-state index in [1.807, 2.05) is 10.6 Å². The molecule has 5 heterocycles. The molecule has 0 saturated heterocycles. The second-order valence-electron chi connectivity index (χ2n) is 10.5. The fourth-order valence-electron chi connectivity index (χ4n) is 5.25. The topological polar surface area (TPSA) is 180 Å². The molecule has 6 rings (SSSR count). The van der Waals surface area contributed by atoms with Crippen LogP contribution in [0.2, 0.25) is 0 Å². The zero-order valence-corrected chi connectivity index (χ0v) is 23.4. The van der Waals surface area contributed by atoms with E-state index < -0.39 is 23.6 Å². The van der Waals surface area contributed by atoms with Gasteiger partial charge < -0.3 is 29.2 Å². The number of aliphatic imine (C=N–C) groups is 3. The Morgan fingerprint density at radius 1 is 1.36 bits per heavy atom. The van der Waals surface area contributed by atoms with Crippen LogP contribution in [0.15, 0.2) is 51.3 Å². The average molecular weight is 576 g/mol. The number of nitrogens with zero attached hydrogens (tertiary/aromatic N) is 5. The molecular weight excluding hydrogens is 546 g/mol. The lowest BCUT2D eigenvalue weighted by atomic mass is 9.92. The second kappa shape index (κ2) is 10.2. The Hall–Kier alpha value is -4.82. The number of methoxy groups -OCH3 is 1. The number of ether oxygens (including phenoxy) is 4. The first-order valence-corrected chi connectivity index (χ1v) is 13.3. The van der Waals surface area contributed by atoms with Crippen LogP contribution in [0.25, 0.3) is 5.57 Å². The van der Waals surface area contributed by atoms with Gasteiger partial charge in [-0.2, -0.15) is 9.98 Å². The average Bonchev–Trinajstić information content (AvgIpc) is 3.68. The molecular formula is C28H29N7O7. The molecule has 0 saturated carbocycles. The number of benzene rings is 1. The number of carbonyl (C=O) groups is 1. The molecule has 2 atom stereocenters. The predicted octanol–water partition coefficient (Wildman–Crippen LogP) is -0.0767. The Morgan fingerprint density at radius 2 is 2.17 bits per heavy atom. The van der Waals surface area contributed by atoms with Gasteiger partial charge in [0.25, 0.3) is 5.84 Å². The van der Waals surface area contributed by atoms with Crippen LogP contribution in [0.4, 0.5) is 5.95 Å². The van der Waals surface area contributed by atoms with Gasteiger partial charge in [0, 0.05) is 36.7 Å². The van der Waals surface area contributed by atoms with Crippen molar-refractivity contribution in [2.75, 3.05) is 20.4 Å². The highest BCUT2D eigenvalue weighted by molar-refractivity contribution is 6.66. The number of aliphatic hydroxyl groups is 1. The van der Waals surface area contributed by atoms with E-state index >= 15 is 0 Å². The number of carbonyl (C=O) groups excluding carboxylic acids is 1. The summed E-state index contributed by atoms with van der Waals surface area (Å²) in [5, 5.41) is 30.6. The quantitative estimate of drug-likeness (QED) is 0.384. The van der Waals surface area contributed by atoms with Gasteiger partial charge in [0.2, 0.25) is 11.7 Å². The number of fused-ring (bicyclic) bond motifs is 3. The van der Waals surface area contributed by atoms with Crippen LogP contribution in [-0.4, -0.2) is 76.1 Å². The van der Waals surface area contributed by atoms with Gasteiger partial charge in [-0.05, 0) is 32.4 Å². The molecule has 14 nitrogen and oxygen atoms in total. The summed E-state index contributed by atoms with van der Waals surface area (Å²) in [6.45, 7) is 5.74. The second-order valence-corrected chi connectivity index (χ2v) is 10.5. The van der Waals surface area contributed by atoms with Crippen molar-refractivity contribution >= 4 is 40.9 Å². The van der Waals surface area contributed by atoms with Crippen LogP contribution < -0.4 is 24.2 Å². The van der Waals surface area contributed by atoms with E-state index in [4.69, 9.17) is 24.4 Å². The zero-order chi connectivity index (χ0) is 29.8. The van der Waals surface area contributed by atoms with Crippen molar-refractivity contribution in [2.45, 2.75) is 45.4 Å². The Labute approximate surface area is 240 Å². The fraction of sp³-hybridized carbons (Fsp3) is 0.357. The molecule has 3 N–H and O–H groups in total. The Bertz CT molecular complexity index is 1660. The van der Waals surface area contributed by atoms with E-state index in [1.165, 1.54) is 0 Å². The molecule has 42 heavy (non-hydrogen) atoms. The number of rotatable bonds is 7. The number of amidine groups is 1. The SMILES string of the molecule is CCOC(=O)C1=CC(=CCn2ccnc2[NH+]2CN=C3C([O-])=NC(=N)N=C32)c2c(cc3c(c2OC)CC(C(C)(C)O)O3)O1. The summed E-state index contributed by atoms with van der Waals surface area (Å²) >= 11 is 0. The fourth-order valence-corrected chi connectivity index (χ4v) is 5.25. The highest BCUT2D eigenvalue weighted by Crippen LogP contribution is 2.50. The predicted molar refractivity (Wildman–Crippen MR) is 148 cm³/mol. The molecule has 0 amide bonds. The molecule has 4 aliphatic rings. The summed E-state index contributed by atoms with van der Waals surface area (Å²) in [7, 11) is 1.55. The minimum atomic E-state index is -1.10. The number of guanidine groups is 1. The van der Waals surface area contributed by atoms with Crippen LogP contribution in [0, 0.1) is 5.41 Å². The van der Waals surface area contributed by atoms with E-state index in [2.05, 4.69) is 20.0 Å². The zero-order valence-electron chi connectivity index (χ0n) is 23.4. The summed E-state index contributed by atoms with van der Waals surface area (Å²) in [6.07, 6.45) is 6.82. The lowest BCUT2D eigenvalue weighted by Gasteiger charge is -2.24. The number of esters is 1. The highest BCUT2D eigenvalue weighted by atomic mass is 16.6. The van der Waals surface area contributed by atoms with Crippen LogP contribution >= 0.6 is 0 Å². The summed E-state index contributed by atoms with van der Waals surface area (Å²) in [5.74, 6) is 0.636. The Morgan fingerprint density at radius 3 is 2.90 bits per heavy atom. The van der Waals surface area contributed by atoms with Gasteiger partial charge in [-0.3, -0.25) is 9.98 Å². The number of nitrogens with one attached hydrogen (secondary N) is 2. The first-order chi connectivity index (χ1) is 20.1. The number of allylic oxidation sites excluding steroid dienone is 3. The summed E-state index contributed by atoms with van der Waals surface area (Å²) in [6, 6.07) is 1.70. The Balaban J connectivity index is 1.38. The molecule has 1 aromatic carbocycles. The Kier molecular flexibility index (Phi) is 6.66. The smallest absolute Gasteiger partial charge is 0.374 e. The molecule has 4 aliphatic heterocycles. The molecule has 0 aliphatic carbocycles. The van der Waals surface area contributed by atoms with E-state index in [0.29, 0.717) is 58.0 Å². The van der Waals surface area contributed by atoms with Crippen molar-refractivity contribution in [1.82, 2.24) is 9.55 Å². The molecule has 0 spiro atoms. The van der Waals surface area contributed by atoms with Gasteiger partial charge >= 0.3 is 11.9 Å². The molecule has 0 bridgehead atoms. The minimum Gasteiger partial charge on any atom is -0.857 e. The molecule has 0 fully saturated rings. The van der Waals surface area contributed by atoms with Crippen molar-refractivity contribution in [3.63, 3.8) is 0 Å². The molecule has 0 radical (unpaired) electrons. The first-order valence-electron chi connectivity index (χ1n) is 13.3. The maximum atomic E-state index is 12.7. The number of quaternary nitrogens is 1.